The number of piperidine rings is 1. The van der Waals surface area contributed by atoms with Crippen LogP contribution in [0.2, 0.25) is 0 Å². The molecule has 1 aromatic carbocycles. The molecule has 164 valence electrons. The number of nitrogens with zero attached hydrogens (tertiary/aromatic N) is 2. The first kappa shape index (κ1) is 20.6. The number of halogens is 2. The highest BCUT2D eigenvalue weighted by atomic mass is 32.2. The molecular weight excluding hydrogens is 424 g/mol. The molecule has 0 aromatic heterocycles. The van der Waals surface area contributed by atoms with Gasteiger partial charge in [-0.1, -0.05) is 0 Å². The summed E-state index contributed by atoms with van der Waals surface area (Å²) < 4.78 is 57.6. The summed E-state index contributed by atoms with van der Waals surface area (Å²) in [5, 5.41) is 10.7. The summed E-state index contributed by atoms with van der Waals surface area (Å²) in [4.78, 5) is 25.2. The topological polar surface area (TPSA) is 116 Å². The van der Waals surface area contributed by atoms with Gasteiger partial charge in [0.25, 0.3) is 0 Å². The molecule has 4 rings (SSSR count). The van der Waals surface area contributed by atoms with Crippen LogP contribution < -0.4 is 15.1 Å². The van der Waals surface area contributed by atoms with Crippen LogP contribution in [0.5, 0.6) is 0 Å². The molecule has 3 aliphatic heterocycles. The van der Waals surface area contributed by atoms with Crippen LogP contribution in [0.4, 0.5) is 29.7 Å². The van der Waals surface area contributed by atoms with Crippen molar-refractivity contribution in [2.75, 3.05) is 47.5 Å². The molecule has 0 bridgehead atoms. The Morgan fingerprint density at radius 2 is 1.83 bits per heavy atom. The van der Waals surface area contributed by atoms with Gasteiger partial charge in [-0.05, 0) is 12.8 Å². The minimum absolute atomic E-state index is 0.0184. The molecule has 3 heterocycles. The monoisotopic (exact) mass is 445 g/mol. The maximum absolute atomic E-state index is 14.8. The van der Waals surface area contributed by atoms with Gasteiger partial charge in [0.15, 0.2) is 21.5 Å². The lowest BCUT2D eigenvalue weighted by Gasteiger charge is -2.47. The molecule has 2 amide bonds. The van der Waals surface area contributed by atoms with Gasteiger partial charge in [-0.3, -0.25) is 4.90 Å². The Balaban J connectivity index is 1.45. The summed E-state index contributed by atoms with van der Waals surface area (Å²) in [7, 11) is -2.97. The van der Waals surface area contributed by atoms with Gasteiger partial charge in [0, 0.05) is 30.6 Å². The van der Waals surface area contributed by atoms with Crippen LogP contribution in [0, 0.1) is 17.0 Å². The number of hydrogen-bond donors (Lipinski definition) is 2. The number of rotatable bonds is 4. The fourth-order valence-corrected chi connectivity index (χ4v) is 6.79. The predicted molar refractivity (Wildman–Crippen MR) is 103 cm³/mol. The van der Waals surface area contributed by atoms with Gasteiger partial charge in [-0.15, -0.1) is 0 Å². The third-order valence-electron chi connectivity index (χ3n) is 5.86. The number of benzene rings is 1. The SMILES string of the molecule is O=C(O)NC[C@H]1CN(c2cc(F)c(N3CCC4(CC3)CS(=O)(=O)C4)c(F)c2)C(=O)O1. The first-order chi connectivity index (χ1) is 14.1. The number of amides is 2. The van der Waals surface area contributed by atoms with Crippen LogP contribution in [0.3, 0.4) is 0 Å². The minimum atomic E-state index is -2.97. The molecule has 9 nitrogen and oxygen atoms in total. The Morgan fingerprint density at radius 1 is 1.23 bits per heavy atom. The van der Waals surface area contributed by atoms with Crippen molar-refractivity contribution in [3.63, 3.8) is 0 Å². The predicted octanol–water partition coefficient (Wildman–Crippen LogP) is 1.57. The Kier molecular flexibility index (Phi) is 4.99. The van der Waals surface area contributed by atoms with E-state index in [-0.39, 0.29) is 41.4 Å². The number of anilines is 2. The molecule has 0 aliphatic carbocycles. The molecule has 0 unspecified atom stereocenters. The second kappa shape index (κ2) is 7.25. The summed E-state index contributed by atoms with van der Waals surface area (Å²) in [6, 6.07) is 2.09. The zero-order valence-corrected chi connectivity index (χ0v) is 16.8. The average molecular weight is 445 g/mol. The van der Waals surface area contributed by atoms with Crippen LogP contribution in [0.1, 0.15) is 12.8 Å². The van der Waals surface area contributed by atoms with E-state index >= 15 is 0 Å². The van der Waals surface area contributed by atoms with Gasteiger partial charge < -0.3 is 20.1 Å². The highest BCUT2D eigenvalue weighted by molar-refractivity contribution is 7.92. The molecule has 2 N–H and O–H groups in total. The smallest absolute Gasteiger partial charge is 0.414 e. The third kappa shape index (κ3) is 3.87. The molecule has 12 heteroatoms. The van der Waals surface area contributed by atoms with Gasteiger partial charge in [0.05, 0.1) is 30.3 Å². The van der Waals surface area contributed by atoms with Crippen LogP contribution in [-0.4, -0.2) is 69.5 Å². The first-order valence-corrected chi connectivity index (χ1v) is 11.3. The summed E-state index contributed by atoms with van der Waals surface area (Å²) in [5.41, 5.74) is -0.497. The van der Waals surface area contributed by atoms with E-state index in [0.29, 0.717) is 25.9 Å². The van der Waals surface area contributed by atoms with Gasteiger partial charge >= 0.3 is 12.2 Å². The van der Waals surface area contributed by atoms with E-state index in [4.69, 9.17) is 9.84 Å². The van der Waals surface area contributed by atoms with Crippen molar-refractivity contribution in [2.45, 2.75) is 18.9 Å². The van der Waals surface area contributed by atoms with Gasteiger partial charge in [-0.2, -0.15) is 0 Å². The zero-order chi connectivity index (χ0) is 21.7. The third-order valence-corrected chi connectivity index (χ3v) is 7.97. The van der Waals surface area contributed by atoms with E-state index in [2.05, 4.69) is 5.32 Å². The number of hydrogen-bond acceptors (Lipinski definition) is 6. The van der Waals surface area contributed by atoms with E-state index in [9.17, 15) is 26.8 Å². The summed E-state index contributed by atoms with van der Waals surface area (Å²) in [5.74, 6) is -1.40. The number of carbonyl (C=O) groups excluding carboxylic acids is 1. The lowest BCUT2D eigenvalue weighted by Crippen LogP contribution is -2.54. The van der Waals surface area contributed by atoms with Crippen LogP contribution in [-0.2, 0) is 14.6 Å². The van der Waals surface area contributed by atoms with Gasteiger partial charge in [0.1, 0.15) is 11.8 Å². The molecule has 1 spiro atoms. The quantitative estimate of drug-likeness (QED) is 0.723. The fourth-order valence-electron chi connectivity index (χ4n) is 4.43. The maximum Gasteiger partial charge on any atom is 0.414 e. The second-order valence-corrected chi connectivity index (χ2v) is 10.1. The molecule has 3 aliphatic rings. The Bertz CT molecular complexity index is 957. The Labute approximate surface area is 171 Å². The average Bonchev–Trinajstić information content (AvgIpc) is 3.00. The number of carbonyl (C=O) groups is 2. The summed E-state index contributed by atoms with van der Waals surface area (Å²) in [6.45, 7) is 0.513. The molecule has 0 radical (unpaired) electrons. The molecule has 30 heavy (non-hydrogen) atoms. The van der Waals surface area contributed by atoms with Gasteiger partial charge in [0.2, 0.25) is 0 Å². The van der Waals surface area contributed by atoms with E-state index in [1.807, 2.05) is 0 Å². The minimum Gasteiger partial charge on any atom is -0.465 e. The normalized spacial score (nSPS) is 24.5. The molecule has 1 aromatic rings. The lowest BCUT2D eigenvalue weighted by atomic mass is 9.81. The van der Waals surface area contributed by atoms with E-state index < -0.39 is 39.8 Å². The lowest BCUT2D eigenvalue weighted by molar-refractivity contribution is 0.136. The number of sulfone groups is 1. The molecule has 1 atom stereocenters. The van der Waals surface area contributed by atoms with Crippen molar-refractivity contribution in [1.82, 2.24) is 5.32 Å². The maximum atomic E-state index is 14.8. The number of ether oxygens (including phenoxy) is 1. The van der Waals surface area contributed by atoms with Crippen molar-refractivity contribution in [3.8, 4) is 0 Å². The van der Waals surface area contributed by atoms with Crippen molar-refractivity contribution >= 4 is 33.4 Å². The Morgan fingerprint density at radius 3 is 2.37 bits per heavy atom. The first-order valence-electron chi connectivity index (χ1n) is 9.47. The van der Waals surface area contributed by atoms with Gasteiger partial charge in [-0.25, -0.2) is 26.8 Å². The van der Waals surface area contributed by atoms with E-state index in [0.717, 1.165) is 17.0 Å². The molecular formula is C18H21F2N3O6S. The largest absolute Gasteiger partial charge is 0.465 e. The fraction of sp³-hybridized carbons (Fsp3) is 0.556. The molecule has 3 fully saturated rings. The summed E-state index contributed by atoms with van der Waals surface area (Å²) >= 11 is 0. The standard InChI is InChI=1S/C18H21F2N3O6S/c19-13-5-11(23-8-12(29-17(23)26)7-21-16(24)25)6-14(20)15(13)22-3-1-18(2-4-22)9-30(27,28)10-18/h5-6,12,21H,1-4,7-10H2,(H,24,25)/t12-/m0/s1. The van der Waals surface area contributed by atoms with E-state index in [1.54, 1.807) is 4.90 Å². The zero-order valence-electron chi connectivity index (χ0n) is 15.9. The second-order valence-electron chi connectivity index (χ2n) is 8.08. The highest BCUT2D eigenvalue weighted by Gasteiger charge is 2.49. The highest BCUT2D eigenvalue weighted by Crippen LogP contribution is 2.44. The number of nitrogens with one attached hydrogen (secondary N) is 1. The van der Waals surface area contributed by atoms with Crippen LogP contribution >= 0.6 is 0 Å². The Hall–Kier alpha value is -2.63. The summed E-state index contributed by atoms with van der Waals surface area (Å²) in [6.07, 6.45) is -1.76. The number of carboxylic acid groups (broad SMARTS) is 1. The molecule has 3 saturated heterocycles. The van der Waals surface area contributed by atoms with Crippen LogP contribution in [0.15, 0.2) is 12.1 Å². The van der Waals surface area contributed by atoms with Crippen molar-refractivity contribution in [1.29, 1.82) is 0 Å². The van der Waals surface area contributed by atoms with Crippen molar-refractivity contribution < 1.29 is 36.6 Å². The van der Waals surface area contributed by atoms with Crippen molar-refractivity contribution in [3.05, 3.63) is 23.8 Å². The van der Waals surface area contributed by atoms with Crippen molar-refractivity contribution in [2.24, 2.45) is 5.41 Å². The molecule has 0 saturated carbocycles. The van der Waals surface area contributed by atoms with E-state index in [1.165, 1.54) is 0 Å². The van der Waals surface area contributed by atoms with Crippen LogP contribution in [0.25, 0.3) is 0 Å². The number of cyclic esters (lactones) is 1.